The van der Waals surface area contributed by atoms with Crippen molar-refractivity contribution in [3.63, 3.8) is 0 Å². The zero-order chi connectivity index (χ0) is 12.6. The molecular weight excluding hydrogens is 248 g/mol. The second-order valence-corrected chi connectivity index (χ2v) is 3.65. The monoisotopic (exact) mass is 254 g/mol. The topological polar surface area (TPSA) is 75.7 Å². The molecule has 0 aromatic heterocycles. The summed E-state index contributed by atoms with van der Waals surface area (Å²) in [6, 6.07) is 3.60. The average molecular weight is 255 g/mol. The highest BCUT2D eigenvalue weighted by Crippen LogP contribution is 2.32. The van der Waals surface area contributed by atoms with Gasteiger partial charge in [0.2, 0.25) is 0 Å². The number of rotatable bonds is 2. The zero-order valence-electron chi connectivity index (χ0n) is 8.69. The molecule has 1 aromatic carbocycles. The zero-order valence-corrected chi connectivity index (χ0v) is 9.45. The van der Waals surface area contributed by atoms with Gasteiger partial charge in [0.15, 0.2) is 0 Å². The van der Waals surface area contributed by atoms with Crippen LogP contribution in [0.4, 0.5) is 10.5 Å². The molecule has 1 fully saturated rings. The maximum Gasteiger partial charge on any atom is 0.336 e. The number of carbonyl (C=O) groups is 3. The minimum Gasteiger partial charge on any atom is -0.495 e. The first-order valence-corrected chi connectivity index (χ1v) is 4.95. The van der Waals surface area contributed by atoms with Crippen LogP contribution in [0.25, 0.3) is 0 Å². The second-order valence-electron chi connectivity index (χ2n) is 3.22. The van der Waals surface area contributed by atoms with Crippen molar-refractivity contribution in [1.82, 2.24) is 5.32 Å². The maximum absolute atomic E-state index is 11.5. The highest BCUT2D eigenvalue weighted by atomic mass is 35.5. The second kappa shape index (κ2) is 4.06. The predicted octanol–water partition coefficient (Wildman–Crippen LogP) is 0.931. The normalized spacial score (nSPS) is 15.2. The van der Waals surface area contributed by atoms with Crippen LogP contribution in [-0.4, -0.2) is 25.0 Å². The number of hydrogen-bond acceptors (Lipinski definition) is 4. The largest absolute Gasteiger partial charge is 0.495 e. The third-order valence-electron chi connectivity index (χ3n) is 2.20. The van der Waals surface area contributed by atoms with E-state index in [1.165, 1.54) is 19.2 Å². The van der Waals surface area contributed by atoms with Crippen molar-refractivity contribution in [1.29, 1.82) is 0 Å². The molecule has 4 amide bonds. The number of urea groups is 1. The van der Waals surface area contributed by atoms with Crippen molar-refractivity contribution in [2.24, 2.45) is 0 Å². The number of anilines is 1. The fourth-order valence-electron chi connectivity index (χ4n) is 1.46. The third kappa shape index (κ3) is 1.83. The first kappa shape index (κ1) is 11.4. The Morgan fingerprint density at radius 2 is 2.00 bits per heavy atom. The van der Waals surface area contributed by atoms with E-state index in [2.05, 4.69) is 0 Å². The summed E-state index contributed by atoms with van der Waals surface area (Å²) in [5.74, 6) is -1.67. The Labute approximate surface area is 101 Å². The van der Waals surface area contributed by atoms with Gasteiger partial charge in [0, 0.05) is 5.02 Å². The Morgan fingerprint density at radius 3 is 2.53 bits per heavy atom. The van der Waals surface area contributed by atoms with Gasteiger partial charge < -0.3 is 4.74 Å². The lowest BCUT2D eigenvalue weighted by Gasteiger charge is -2.15. The van der Waals surface area contributed by atoms with Gasteiger partial charge in [-0.1, -0.05) is 11.6 Å². The maximum atomic E-state index is 11.5. The molecule has 0 saturated carbocycles. The number of carbonyl (C=O) groups excluding carboxylic acids is 3. The summed E-state index contributed by atoms with van der Waals surface area (Å²) >= 11 is 5.77. The van der Waals surface area contributed by atoms with Gasteiger partial charge in [0.05, 0.1) is 12.8 Å². The number of nitrogens with one attached hydrogen (secondary N) is 1. The van der Waals surface area contributed by atoms with Crippen molar-refractivity contribution in [2.45, 2.75) is 0 Å². The van der Waals surface area contributed by atoms with E-state index in [0.717, 1.165) is 0 Å². The lowest BCUT2D eigenvalue weighted by Crippen LogP contribution is -2.31. The number of hydrogen-bond donors (Lipinski definition) is 1. The summed E-state index contributed by atoms with van der Waals surface area (Å²) < 4.78 is 5.00. The molecule has 0 radical (unpaired) electrons. The van der Waals surface area contributed by atoms with E-state index in [0.29, 0.717) is 9.92 Å². The molecule has 0 spiro atoms. The highest BCUT2D eigenvalue weighted by molar-refractivity contribution is 6.53. The van der Waals surface area contributed by atoms with Crippen molar-refractivity contribution < 1.29 is 19.1 Å². The Kier molecular flexibility index (Phi) is 2.72. The first-order chi connectivity index (χ1) is 8.04. The van der Waals surface area contributed by atoms with E-state index >= 15 is 0 Å². The van der Waals surface area contributed by atoms with Gasteiger partial charge in [-0.2, -0.15) is 0 Å². The molecule has 88 valence electrons. The van der Waals surface area contributed by atoms with Crippen molar-refractivity contribution in [3.8, 4) is 5.75 Å². The Hall–Kier alpha value is -2.08. The molecule has 17 heavy (non-hydrogen) atoms. The van der Waals surface area contributed by atoms with Crippen LogP contribution in [0.3, 0.4) is 0 Å². The van der Waals surface area contributed by atoms with Crippen LogP contribution in [-0.2, 0) is 9.59 Å². The molecule has 2 rings (SSSR count). The summed E-state index contributed by atoms with van der Waals surface area (Å²) in [6.45, 7) is 0. The molecule has 0 aliphatic carbocycles. The van der Waals surface area contributed by atoms with Crippen LogP contribution in [0, 0.1) is 0 Å². The van der Waals surface area contributed by atoms with Crippen LogP contribution in [0.15, 0.2) is 18.2 Å². The summed E-state index contributed by atoms with van der Waals surface area (Å²) in [4.78, 5) is 34.7. The summed E-state index contributed by atoms with van der Waals surface area (Å²) in [7, 11) is 1.38. The molecular formula is C10H7ClN2O4. The molecule has 1 aliphatic heterocycles. The van der Waals surface area contributed by atoms with Crippen LogP contribution < -0.4 is 15.0 Å². The highest BCUT2D eigenvalue weighted by Gasteiger charge is 2.39. The number of benzene rings is 1. The fourth-order valence-corrected chi connectivity index (χ4v) is 1.62. The molecule has 0 bridgehead atoms. The van der Waals surface area contributed by atoms with Crippen LogP contribution in [0.1, 0.15) is 0 Å². The molecule has 1 aliphatic rings. The van der Waals surface area contributed by atoms with Crippen molar-refractivity contribution >= 4 is 35.1 Å². The first-order valence-electron chi connectivity index (χ1n) is 4.57. The average Bonchev–Trinajstić information content (AvgIpc) is 2.53. The van der Waals surface area contributed by atoms with E-state index in [4.69, 9.17) is 16.3 Å². The molecule has 1 heterocycles. The minimum absolute atomic E-state index is 0.133. The van der Waals surface area contributed by atoms with Crippen molar-refractivity contribution in [2.75, 3.05) is 12.0 Å². The summed E-state index contributed by atoms with van der Waals surface area (Å²) in [5, 5.41) is 2.21. The van der Waals surface area contributed by atoms with Crippen LogP contribution in [0.2, 0.25) is 5.02 Å². The SMILES string of the molecule is COc1ccc(Cl)cc1N1C(=O)NC(=O)C1=O. The number of ether oxygens (including phenoxy) is 1. The standard InChI is InChI=1S/C10H7ClN2O4/c1-17-7-3-2-5(11)4-6(7)13-9(15)8(14)12-10(13)16/h2-4H,1H3,(H,12,14,16). The smallest absolute Gasteiger partial charge is 0.336 e. The molecule has 6 nitrogen and oxygen atoms in total. The Morgan fingerprint density at radius 1 is 1.29 bits per heavy atom. The molecule has 0 atom stereocenters. The van der Waals surface area contributed by atoms with E-state index in [1.54, 1.807) is 6.07 Å². The van der Waals surface area contributed by atoms with E-state index in [9.17, 15) is 14.4 Å². The lowest BCUT2D eigenvalue weighted by molar-refractivity contribution is -0.134. The predicted molar refractivity (Wildman–Crippen MR) is 59.0 cm³/mol. The molecule has 1 N–H and O–H groups in total. The van der Waals surface area contributed by atoms with Crippen LogP contribution in [0.5, 0.6) is 5.75 Å². The van der Waals surface area contributed by atoms with E-state index in [1.807, 2.05) is 5.32 Å². The molecule has 7 heteroatoms. The van der Waals surface area contributed by atoms with Gasteiger partial charge in [0.25, 0.3) is 0 Å². The van der Waals surface area contributed by atoms with Gasteiger partial charge in [-0.05, 0) is 18.2 Å². The third-order valence-corrected chi connectivity index (χ3v) is 2.44. The van der Waals surface area contributed by atoms with Gasteiger partial charge in [-0.25, -0.2) is 9.69 Å². The van der Waals surface area contributed by atoms with Crippen LogP contribution >= 0.6 is 11.6 Å². The minimum atomic E-state index is -0.975. The summed E-state index contributed by atoms with van der Waals surface area (Å²) in [6.07, 6.45) is 0. The van der Waals surface area contributed by atoms with Gasteiger partial charge >= 0.3 is 17.8 Å². The lowest BCUT2D eigenvalue weighted by atomic mass is 10.2. The summed E-state index contributed by atoms with van der Waals surface area (Å²) in [5.41, 5.74) is 0.133. The Bertz CT molecular complexity index is 529. The number of amides is 4. The number of halogens is 1. The molecule has 0 unspecified atom stereocenters. The van der Waals surface area contributed by atoms with Gasteiger partial charge in [0.1, 0.15) is 5.75 Å². The van der Waals surface area contributed by atoms with Crippen molar-refractivity contribution in [3.05, 3.63) is 23.2 Å². The molecule has 1 saturated heterocycles. The number of nitrogens with zero attached hydrogens (tertiary/aromatic N) is 1. The fraction of sp³-hybridized carbons (Fsp3) is 0.100. The van der Waals surface area contributed by atoms with Gasteiger partial charge in [-0.3, -0.25) is 14.9 Å². The number of imide groups is 2. The van der Waals surface area contributed by atoms with E-state index < -0.39 is 17.8 Å². The van der Waals surface area contributed by atoms with Gasteiger partial charge in [-0.15, -0.1) is 0 Å². The Balaban J connectivity index is 2.53. The number of methoxy groups -OCH3 is 1. The van der Waals surface area contributed by atoms with E-state index in [-0.39, 0.29) is 11.4 Å². The quantitative estimate of drug-likeness (QED) is 0.629. The molecule has 1 aromatic rings.